The van der Waals surface area contributed by atoms with Crippen LogP contribution in [0, 0.1) is 5.92 Å². The molecule has 0 aromatic carbocycles. The van der Waals surface area contributed by atoms with Gasteiger partial charge in [-0.15, -0.1) is 11.3 Å². The van der Waals surface area contributed by atoms with Crippen molar-refractivity contribution in [1.82, 2.24) is 10.2 Å². The Morgan fingerprint density at radius 1 is 1.43 bits per heavy atom. The maximum Gasteiger partial charge on any atom is 0.317 e. The molecule has 2 amide bonds. The molecule has 0 saturated carbocycles. The van der Waals surface area contributed by atoms with Crippen LogP contribution in [0.2, 0.25) is 4.34 Å². The van der Waals surface area contributed by atoms with E-state index in [-0.39, 0.29) is 18.1 Å². The van der Waals surface area contributed by atoms with Crippen molar-refractivity contribution in [3.05, 3.63) is 21.3 Å². The summed E-state index contributed by atoms with van der Waals surface area (Å²) in [5, 5.41) is 12.1. The predicted octanol–water partition coefficient (Wildman–Crippen LogP) is 2.59. The van der Waals surface area contributed by atoms with Crippen LogP contribution in [-0.4, -0.2) is 40.6 Å². The lowest BCUT2D eigenvalue weighted by Crippen LogP contribution is -2.44. The number of hydrogen-bond donors (Lipinski definition) is 2. The first-order valence-electron chi connectivity index (χ1n) is 7.09. The highest BCUT2D eigenvalue weighted by atomic mass is 35.5. The van der Waals surface area contributed by atoms with Crippen LogP contribution in [0.3, 0.4) is 0 Å². The number of carboxylic acid groups (broad SMARTS) is 1. The average Bonchev–Trinajstić information content (AvgIpc) is 3.12. The van der Waals surface area contributed by atoms with Gasteiger partial charge in [0.25, 0.3) is 0 Å². The SMILES string of the molecule is O=C(O)C1CC2CCC1N2C(=O)NCCc1ccc(Cl)s1. The summed E-state index contributed by atoms with van der Waals surface area (Å²) >= 11 is 7.38. The summed E-state index contributed by atoms with van der Waals surface area (Å²) in [5.74, 6) is -1.18. The Balaban J connectivity index is 1.53. The van der Waals surface area contributed by atoms with E-state index in [4.69, 9.17) is 11.6 Å². The summed E-state index contributed by atoms with van der Waals surface area (Å²) in [6.45, 7) is 0.545. The van der Waals surface area contributed by atoms with Gasteiger partial charge in [0.1, 0.15) is 0 Å². The monoisotopic (exact) mass is 328 g/mol. The summed E-state index contributed by atoms with van der Waals surface area (Å²) in [7, 11) is 0. The van der Waals surface area contributed by atoms with Crippen LogP contribution in [0.1, 0.15) is 24.1 Å². The van der Waals surface area contributed by atoms with Crippen molar-refractivity contribution in [2.24, 2.45) is 5.92 Å². The highest BCUT2D eigenvalue weighted by molar-refractivity contribution is 7.16. The lowest BCUT2D eigenvalue weighted by molar-refractivity contribution is -0.142. The Kier molecular flexibility index (Phi) is 4.08. The second kappa shape index (κ2) is 5.85. The van der Waals surface area contributed by atoms with Gasteiger partial charge in [-0.25, -0.2) is 4.79 Å². The third-order valence-electron chi connectivity index (χ3n) is 4.37. The first kappa shape index (κ1) is 14.7. The Morgan fingerprint density at radius 2 is 2.24 bits per heavy atom. The smallest absolute Gasteiger partial charge is 0.317 e. The van der Waals surface area contributed by atoms with E-state index in [1.165, 1.54) is 11.3 Å². The summed E-state index contributed by atoms with van der Waals surface area (Å²) in [6.07, 6.45) is 3.06. The van der Waals surface area contributed by atoms with Gasteiger partial charge in [0.05, 0.1) is 10.3 Å². The molecule has 3 unspecified atom stereocenters. The normalized spacial score (nSPS) is 27.1. The number of fused-ring (bicyclic) bond motifs is 2. The zero-order valence-electron chi connectivity index (χ0n) is 11.4. The molecule has 3 atom stereocenters. The topological polar surface area (TPSA) is 69.6 Å². The summed E-state index contributed by atoms with van der Waals surface area (Å²) < 4.78 is 0.748. The minimum absolute atomic E-state index is 0.0901. The molecule has 2 N–H and O–H groups in total. The van der Waals surface area contributed by atoms with Crippen molar-refractivity contribution in [2.75, 3.05) is 6.54 Å². The van der Waals surface area contributed by atoms with E-state index in [1.54, 1.807) is 4.90 Å². The van der Waals surface area contributed by atoms with Gasteiger partial charge >= 0.3 is 12.0 Å². The molecule has 2 saturated heterocycles. The molecule has 2 fully saturated rings. The van der Waals surface area contributed by atoms with Crippen LogP contribution in [-0.2, 0) is 11.2 Å². The number of carbonyl (C=O) groups is 2. The van der Waals surface area contributed by atoms with Crippen LogP contribution in [0.4, 0.5) is 4.79 Å². The highest BCUT2D eigenvalue weighted by Crippen LogP contribution is 2.41. The van der Waals surface area contributed by atoms with Gasteiger partial charge in [0.15, 0.2) is 0 Å². The number of hydrogen-bond acceptors (Lipinski definition) is 3. The minimum Gasteiger partial charge on any atom is -0.481 e. The summed E-state index contributed by atoms with van der Waals surface area (Å²) in [5.41, 5.74) is 0. The van der Waals surface area contributed by atoms with Gasteiger partial charge in [-0.3, -0.25) is 4.79 Å². The van der Waals surface area contributed by atoms with E-state index >= 15 is 0 Å². The number of carboxylic acids is 1. The Labute approximate surface area is 131 Å². The number of amides is 2. The number of carbonyl (C=O) groups excluding carboxylic acids is 1. The molecule has 3 heterocycles. The van der Waals surface area contributed by atoms with Crippen molar-refractivity contribution >= 4 is 34.9 Å². The second-order valence-electron chi connectivity index (χ2n) is 5.57. The van der Waals surface area contributed by atoms with Crippen LogP contribution < -0.4 is 5.32 Å². The van der Waals surface area contributed by atoms with Gasteiger partial charge < -0.3 is 15.3 Å². The largest absolute Gasteiger partial charge is 0.481 e. The first-order valence-corrected chi connectivity index (χ1v) is 8.29. The van der Waals surface area contributed by atoms with Crippen LogP contribution >= 0.6 is 22.9 Å². The Hall–Kier alpha value is -1.27. The standard InChI is InChI=1S/C14H17ClN2O3S/c15-12-4-2-9(21-12)5-6-16-14(20)17-8-1-3-11(17)10(7-8)13(18)19/h2,4,8,10-11H,1,3,5-7H2,(H,16,20)(H,18,19). The van der Waals surface area contributed by atoms with E-state index in [2.05, 4.69) is 5.32 Å². The molecular weight excluding hydrogens is 312 g/mol. The van der Waals surface area contributed by atoms with Crippen LogP contribution in [0.25, 0.3) is 0 Å². The molecule has 2 bridgehead atoms. The summed E-state index contributed by atoms with van der Waals surface area (Å²) in [6, 6.07) is 3.63. The van der Waals surface area contributed by atoms with Crippen LogP contribution in [0.15, 0.2) is 12.1 Å². The molecule has 1 aromatic heterocycles. The van der Waals surface area contributed by atoms with Crippen molar-refractivity contribution in [1.29, 1.82) is 0 Å². The Morgan fingerprint density at radius 3 is 2.86 bits per heavy atom. The molecular formula is C14H17ClN2O3S. The second-order valence-corrected chi connectivity index (χ2v) is 7.37. The van der Waals surface area contributed by atoms with Crippen molar-refractivity contribution in [2.45, 2.75) is 37.8 Å². The summed E-state index contributed by atoms with van der Waals surface area (Å²) in [4.78, 5) is 26.3. The highest BCUT2D eigenvalue weighted by Gasteiger charge is 2.51. The number of nitrogens with zero attached hydrogens (tertiary/aromatic N) is 1. The van der Waals surface area contributed by atoms with Crippen molar-refractivity contribution in [3.63, 3.8) is 0 Å². The molecule has 114 valence electrons. The molecule has 0 aliphatic carbocycles. The fourth-order valence-corrected chi connectivity index (χ4v) is 4.53. The van der Waals surface area contributed by atoms with E-state index in [0.717, 1.165) is 28.5 Å². The van der Waals surface area contributed by atoms with Gasteiger partial charge in [-0.2, -0.15) is 0 Å². The van der Waals surface area contributed by atoms with Gasteiger partial charge in [-0.05, 0) is 37.8 Å². The van der Waals surface area contributed by atoms with Crippen LogP contribution in [0.5, 0.6) is 0 Å². The maximum absolute atomic E-state index is 12.3. The van der Waals surface area contributed by atoms with E-state index in [1.807, 2.05) is 12.1 Å². The molecule has 3 rings (SSSR count). The van der Waals surface area contributed by atoms with Gasteiger partial charge in [0, 0.05) is 23.5 Å². The van der Waals surface area contributed by atoms with Gasteiger partial charge in [-0.1, -0.05) is 11.6 Å². The maximum atomic E-state index is 12.3. The fourth-order valence-electron chi connectivity index (χ4n) is 3.44. The average molecular weight is 329 g/mol. The molecule has 21 heavy (non-hydrogen) atoms. The number of urea groups is 1. The lowest BCUT2D eigenvalue weighted by atomic mass is 9.89. The molecule has 5 nitrogen and oxygen atoms in total. The third kappa shape index (κ3) is 2.87. The number of rotatable bonds is 4. The number of halogens is 1. The molecule has 0 spiro atoms. The fraction of sp³-hybridized carbons (Fsp3) is 0.571. The molecule has 0 radical (unpaired) electrons. The zero-order chi connectivity index (χ0) is 15.0. The molecule has 2 aliphatic heterocycles. The number of nitrogens with one attached hydrogen (secondary N) is 1. The molecule has 1 aromatic rings. The predicted molar refractivity (Wildman–Crippen MR) is 80.8 cm³/mol. The van der Waals surface area contributed by atoms with E-state index in [0.29, 0.717) is 13.0 Å². The van der Waals surface area contributed by atoms with Crippen molar-refractivity contribution in [3.8, 4) is 0 Å². The first-order chi connectivity index (χ1) is 10.1. The lowest BCUT2D eigenvalue weighted by Gasteiger charge is -2.23. The zero-order valence-corrected chi connectivity index (χ0v) is 13.0. The Bertz CT molecular complexity index is 562. The van der Waals surface area contributed by atoms with Crippen molar-refractivity contribution < 1.29 is 14.7 Å². The van der Waals surface area contributed by atoms with Gasteiger partial charge in [0.2, 0.25) is 0 Å². The third-order valence-corrected chi connectivity index (χ3v) is 5.66. The quantitative estimate of drug-likeness (QED) is 0.892. The minimum atomic E-state index is -0.784. The number of aliphatic carboxylic acids is 1. The number of thiophene rings is 1. The molecule has 2 aliphatic rings. The van der Waals surface area contributed by atoms with E-state index in [9.17, 15) is 14.7 Å². The van der Waals surface area contributed by atoms with E-state index < -0.39 is 11.9 Å². The molecule has 7 heteroatoms.